The standard InChI is InChI=1S/C11H21N3O/c1-8-9(2)13-14(10(8)3)6-5-11(4,12)7-15/h15H,5-7,12H2,1-4H3. The molecule has 0 saturated heterocycles. The van der Waals surface area contributed by atoms with Crippen LogP contribution in [0, 0.1) is 20.8 Å². The molecule has 0 radical (unpaired) electrons. The second-order valence-corrected chi connectivity index (χ2v) is 4.58. The summed E-state index contributed by atoms with van der Waals surface area (Å²) >= 11 is 0. The van der Waals surface area contributed by atoms with Crippen LogP contribution < -0.4 is 5.73 Å². The Morgan fingerprint density at radius 2 is 2.00 bits per heavy atom. The van der Waals surface area contributed by atoms with Gasteiger partial charge in [0, 0.05) is 17.8 Å². The van der Waals surface area contributed by atoms with Gasteiger partial charge in [0.15, 0.2) is 0 Å². The van der Waals surface area contributed by atoms with Crippen LogP contribution in [-0.2, 0) is 6.54 Å². The Morgan fingerprint density at radius 3 is 2.40 bits per heavy atom. The molecule has 0 amide bonds. The SMILES string of the molecule is Cc1nn(CCC(C)(N)CO)c(C)c1C. The Hall–Kier alpha value is -0.870. The summed E-state index contributed by atoms with van der Waals surface area (Å²) in [7, 11) is 0. The zero-order chi connectivity index (χ0) is 11.6. The van der Waals surface area contributed by atoms with Crippen molar-refractivity contribution in [3.8, 4) is 0 Å². The average molecular weight is 211 g/mol. The number of nitrogens with zero attached hydrogens (tertiary/aromatic N) is 2. The van der Waals surface area contributed by atoms with E-state index in [9.17, 15) is 0 Å². The third-order valence-corrected chi connectivity index (χ3v) is 3.00. The Morgan fingerprint density at radius 1 is 1.40 bits per heavy atom. The summed E-state index contributed by atoms with van der Waals surface area (Å²) in [6.45, 7) is 8.75. The van der Waals surface area contributed by atoms with Gasteiger partial charge < -0.3 is 10.8 Å². The molecule has 4 heteroatoms. The maximum Gasteiger partial charge on any atom is 0.0625 e. The predicted molar refractivity (Wildman–Crippen MR) is 60.7 cm³/mol. The van der Waals surface area contributed by atoms with Gasteiger partial charge >= 0.3 is 0 Å². The summed E-state index contributed by atoms with van der Waals surface area (Å²) in [6.07, 6.45) is 0.727. The molecule has 0 bridgehead atoms. The van der Waals surface area contributed by atoms with E-state index in [0.717, 1.165) is 18.7 Å². The summed E-state index contributed by atoms with van der Waals surface area (Å²) in [5, 5.41) is 13.5. The minimum Gasteiger partial charge on any atom is -0.394 e. The molecule has 4 nitrogen and oxygen atoms in total. The van der Waals surface area contributed by atoms with Gasteiger partial charge in [-0.05, 0) is 39.7 Å². The molecule has 1 heterocycles. The third kappa shape index (κ3) is 2.79. The summed E-state index contributed by atoms with van der Waals surface area (Å²) in [5.41, 5.74) is 8.83. The van der Waals surface area contributed by atoms with E-state index in [1.165, 1.54) is 11.3 Å². The molecule has 86 valence electrons. The van der Waals surface area contributed by atoms with Crippen molar-refractivity contribution in [2.24, 2.45) is 5.73 Å². The molecule has 3 N–H and O–H groups in total. The molecule has 1 aromatic rings. The van der Waals surface area contributed by atoms with Crippen LogP contribution in [0.25, 0.3) is 0 Å². The lowest BCUT2D eigenvalue weighted by atomic mass is 10.0. The molecule has 0 aliphatic rings. The smallest absolute Gasteiger partial charge is 0.0625 e. The van der Waals surface area contributed by atoms with E-state index < -0.39 is 5.54 Å². The number of aliphatic hydroxyl groups excluding tert-OH is 1. The van der Waals surface area contributed by atoms with E-state index in [4.69, 9.17) is 10.8 Å². The van der Waals surface area contributed by atoms with Crippen LogP contribution in [0.4, 0.5) is 0 Å². The normalized spacial score (nSPS) is 15.3. The van der Waals surface area contributed by atoms with Gasteiger partial charge in [0.1, 0.15) is 0 Å². The van der Waals surface area contributed by atoms with Gasteiger partial charge in [-0.2, -0.15) is 5.10 Å². The van der Waals surface area contributed by atoms with E-state index in [1.54, 1.807) is 0 Å². The van der Waals surface area contributed by atoms with Gasteiger partial charge in [-0.3, -0.25) is 4.68 Å². The molecule has 0 aliphatic carbocycles. The first-order chi connectivity index (χ1) is 6.87. The van der Waals surface area contributed by atoms with Crippen LogP contribution in [-0.4, -0.2) is 27.0 Å². The van der Waals surface area contributed by atoms with Crippen LogP contribution in [0.2, 0.25) is 0 Å². The number of aliphatic hydroxyl groups is 1. The van der Waals surface area contributed by atoms with Crippen molar-refractivity contribution in [3.63, 3.8) is 0 Å². The molecule has 0 fully saturated rings. The topological polar surface area (TPSA) is 64.1 Å². The van der Waals surface area contributed by atoms with Gasteiger partial charge in [-0.1, -0.05) is 0 Å². The van der Waals surface area contributed by atoms with Crippen LogP contribution in [0.3, 0.4) is 0 Å². The van der Waals surface area contributed by atoms with Gasteiger partial charge in [0.05, 0.1) is 12.3 Å². The summed E-state index contributed by atoms with van der Waals surface area (Å²) in [6, 6.07) is 0. The van der Waals surface area contributed by atoms with E-state index in [2.05, 4.69) is 18.9 Å². The molecule has 1 unspecified atom stereocenters. The maximum atomic E-state index is 9.05. The Balaban J connectivity index is 2.70. The average Bonchev–Trinajstić information content (AvgIpc) is 2.43. The number of aromatic nitrogens is 2. The first kappa shape index (κ1) is 12.2. The lowest BCUT2D eigenvalue weighted by Gasteiger charge is -2.21. The van der Waals surface area contributed by atoms with Gasteiger partial charge in [0.25, 0.3) is 0 Å². The maximum absolute atomic E-state index is 9.05. The largest absolute Gasteiger partial charge is 0.394 e. The van der Waals surface area contributed by atoms with Crippen molar-refractivity contribution in [1.29, 1.82) is 0 Å². The van der Waals surface area contributed by atoms with Crippen molar-refractivity contribution >= 4 is 0 Å². The quantitative estimate of drug-likeness (QED) is 0.778. The molecule has 0 aliphatic heterocycles. The number of hydrogen-bond acceptors (Lipinski definition) is 3. The Kier molecular flexibility index (Phi) is 3.52. The van der Waals surface area contributed by atoms with E-state index in [-0.39, 0.29) is 6.61 Å². The summed E-state index contributed by atoms with van der Waals surface area (Å²) < 4.78 is 1.96. The fourth-order valence-corrected chi connectivity index (χ4v) is 1.44. The molecule has 1 rings (SSSR count). The molecule has 1 atom stereocenters. The highest BCUT2D eigenvalue weighted by atomic mass is 16.3. The van der Waals surface area contributed by atoms with Crippen LogP contribution in [0.5, 0.6) is 0 Å². The number of nitrogens with two attached hydrogens (primary N) is 1. The fraction of sp³-hybridized carbons (Fsp3) is 0.727. The van der Waals surface area contributed by atoms with Gasteiger partial charge in [-0.25, -0.2) is 0 Å². The molecular weight excluding hydrogens is 190 g/mol. The molecular formula is C11H21N3O. The first-order valence-electron chi connectivity index (χ1n) is 5.28. The Bertz CT molecular complexity index is 342. The van der Waals surface area contributed by atoms with Crippen molar-refractivity contribution in [1.82, 2.24) is 9.78 Å². The van der Waals surface area contributed by atoms with E-state index >= 15 is 0 Å². The highest BCUT2D eigenvalue weighted by molar-refractivity contribution is 5.22. The molecule has 0 aromatic carbocycles. The highest BCUT2D eigenvalue weighted by Gasteiger charge is 2.17. The van der Waals surface area contributed by atoms with Crippen LogP contribution in [0.15, 0.2) is 0 Å². The summed E-state index contributed by atoms with van der Waals surface area (Å²) in [5.74, 6) is 0. The minimum absolute atomic E-state index is 0.00524. The first-order valence-corrected chi connectivity index (χ1v) is 5.28. The number of aryl methyl sites for hydroxylation is 2. The molecule has 1 aromatic heterocycles. The monoisotopic (exact) mass is 211 g/mol. The zero-order valence-corrected chi connectivity index (χ0v) is 10.0. The number of rotatable bonds is 4. The number of hydrogen-bond donors (Lipinski definition) is 2. The zero-order valence-electron chi connectivity index (χ0n) is 10.0. The summed E-state index contributed by atoms with van der Waals surface area (Å²) in [4.78, 5) is 0. The van der Waals surface area contributed by atoms with E-state index in [0.29, 0.717) is 0 Å². The molecule has 0 saturated carbocycles. The fourth-order valence-electron chi connectivity index (χ4n) is 1.44. The molecule has 15 heavy (non-hydrogen) atoms. The van der Waals surface area contributed by atoms with Crippen molar-refractivity contribution in [2.75, 3.05) is 6.61 Å². The predicted octanol–water partition coefficient (Wildman–Crippen LogP) is 0.908. The van der Waals surface area contributed by atoms with Gasteiger partial charge in [0.2, 0.25) is 0 Å². The minimum atomic E-state index is -0.514. The van der Waals surface area contributed by atoms with Crippen molar-refractivity contribution < 1.29 is 5.11 Å². The molecule has 0 spiro atoms. The van der Waals surface area contributed by atoms with Crippen molar-refractivity contribution in [2.45, 2.75) is 46.2 Å². The van der Waals surface area contributed by atoms with Crippen LogP contribution >= 0.6 is 0 Å². The lowest BCUT2D eigenvalue weighted by molar-refractivity contribution is 0.194. The van der Waals surface area contributed by atoms with Crippen LogP contribution in [0.1, 0.15) is 30.3 Å². The highest BCUT2D eigenvalue weighted by Crippen LogP contribution is 2.13. The Labute approximate surface area is 91.1 Å². The second-order valence-electron chi connectivity index (χ2n) is 4.58. The van der Waals surface area contributed by atoms with Crippen molar-refractivity contribution in [3.05, 3.63) is 17.0 Å². The lowest BCUT2D eigenvalue weighted by Crippen LogP contribution is -2.41. The second kappa shape index (κ2) is 4.33. The third-order valence-electron chi connectivity index (χ3n) is 3.00. The van der Waals surface area contributed by atoms with Gasteiger partial charge in [-0.15, -0.1) is 0 Å². The van der Waals surface area contributed by atoms with E-state index in [1.807, 2.05) is 18.5 Å².